The number of halogens is 1. The number of carbonyl (C=O) groups excluding carboxylic acids is 1. The van der Waals surface area contributed by atoms with Crippen LogP contribution in [0.4, 0.5) is 0 Å². The average molecular weight is 379 g/mol. The molecule has 4 rings (SSSR count). The van der Waals surface area contributed by atoms with Gasteiger partial charge in [0, 0.05) is 37.2 Å². The summed E-state index contributed by atoms with van der Waals surface area (Å²) in [6.07, 6.45) is 1.83. The predicted octanol–water partition coefficient (Wildman–Crippen LogP) is 1.81. The highest BCUT2D eigenvalue weighted by molar-refractivity contribution is 6.31. The van der Waals surface area contributed by atoms with Crippen LogP contribution in [0.3, 0.4) is 0 Å². The molecule has 3 aliphatic rings. The van der Waals surface area contributed by atoms with E-state index in [2.05, 4.69) is 4.90 Å². The number of aliphatic hydroxyl groups excluding tert-OH is 1. The Kier molecular flexibility index (Phi) is 5.50. The number of ether oxygens (including phenoxy) is 1. The number of amides is 1. The molecule has 0 unspecified atom stereocenters. The van der Waals surface area contributed by atoms with Gasteiger partial charge in [-0.25, -0.2) is 0 Å². The van der Waals surface area contributed by atoms with Crippen LogP contribution in [0.5, 0.6) is 0 Å². The Morgan fingerprint density at radius 1 is 1.15 bits per heavy atom. The van der Waals surface area contributed by atoms with Gasteiger partial charge in [-0.3, -0.25) is 9.69 Å². The summed E-state index contributed by atoms with van der Waals surface area (Å²) in [6.45, 7) is 4.87. The van der Waals surface area contributed by atoms with Gasteiger partial charge in [-0.15, -0.1) is 0 Å². The molecule has 1 N–H and O–H groups in total. The van der Waals surface area contributed by atoms with Crippen molar-refractivity contribution in [2.24, 2.45) is 11.8 Å². The van der Waals surface area contributed by atoms with Gasteiger partial charge in [-0.1, -0.05) is 29.8 Å². The zero-order valence-corrected chi connectivity index (χ0v) is 15.8. The summed E-state index contributed by atoms with van der Waals surface area (Å²) in [5, 5.41) is 11.3. The highest BCUT2D eigenvalue weighted by atomic mass is 35.5. The molecule has 1 saturated carbocycles. The summed E-state index contributed by atoms with van der Waals surface area (Å²) in [6, 6.07) is 7.76. The molecule has 2 saturated heterocycles. The van der Waals surface area contributed by atoms with Crippen LogP contribution in [-0.4, -0.2) is 72.4 Å². The fourth-order valence-corrected chi connectivity index (χ4v) is 5.03. The number of morpholine rings is 1. The van der Waals surface area contributed by atoms with E-state index >= 15 is 0 Å². The quantitative estimate of drug-likeness (QED) is 0.871. The highest BCUT2D eigenvalue weighted by Gasteiger charge is 2.44. The van der Waals surface area contributed by atoms with E-state index in [0.717, 1.165) is 57.8 Å². The van der Waals surface area contributed by atoms with Crippen LogP contribution in [0.1, 0.15) is 18.4 Å². The first kappa shape index (κ1) is 18.2. The van der Waals surface area contributed by atoms with Gasteiger partial charge >= 0.3 is 0 Å². The Morgan fingerprint density at radius 3 is 2.58 bits per heavy atom. The molecule has 1 aliphatic carbocycles. The number of benzene rings is 1. The second-order valence-electron chi connectivity index (χ2n) is 7.84. The number of carbonyl (C=O) groups is 1. The average Bonchev–Trinajstić information content (AvgIpc) is 3.06. The van der Waals surface area contributed by atoms with E-state index in [-0.39, 0.29) is 18.1 Å². The van der Waals surface area contributed by atoms with Gasteiger partial charge in [-0.05, 0) is 36.3 Å². The molecule has 1 aromatic carbocycles. The van der Waals surface area contributed by atoms with Gasteiger partial charge in [0.05, 0.1) is 25.7 Å². The summed E-state index contributed by atoms with van der Waals surface area (Å²) in [4.78, 5) is 17.1. The van der Waals surface area contributed by atoms with Crippen LogP contribution >= 0.6 is 11.6 Å². The second kappa shape index (κ2) is 7.85. The van der Waals surface area contributed by atoms with Gasteiger partial charge in [-0.2, -0.15) is 0 Å². The van der Waals surface area contributed by atoms with Gasteiger partial charge in [0.2, 0.25) is 5.91 Å². The summed E-state index contributed by atoms with van der Waals surface area (Å²) >= 11 is 6.20. The molecule has 0 bridgehead atoms. The maximum Gasteiger partial charge on any atom is 0.227 e. The summed E-state index contributed by atoms with van der Waals surface area (Å²) in [5.41, 5.74) is 0.889. The van der Waals surface area contributed by atoms with Gasteiger partial charge < -0.3 is 14.7 Å². The van der Waals surface area contributed by atoms with Crippen LogP contribution in [0, 0.1) is 11.8 Å². The molecule has 0 aromatic heterocycles. The van der Waals surface area contributed by atoms with Crippen molar-refractivity contribution in [2.45, 2.75) is 31.4 Å². The molecular formula is C20H27ClN2O3. The van der Waals surface area contributed by atoms with E-state index in [1.807, 2.05) is 29.2 Å². The number of aliphatic hydroxyl groups is 1. The third kappa shape index (κ3) is 3.77. The van der Waals surface area contributed by atoms with Crippen molar-refractivity contribution in [3.8, 4) is 0 Å². The first-order valence-electron chi connectivity index (χ1n) is 9.63. The zero-order chi connectivity index (χ0) is 18.1. The van der Waals surface area contributed by atoms with Crippen LogP contribution < -0.4 is 0 Å². The third-order valence-corrected chi connectivity index (χ3v) is 6.64. The lowest BCUT2D eigenvalue weighted by Crippen LogP contribution is -2.53. The molecule has 3 fully saturated rings. The maximum atomic E-state index is 12.8. The molecule has 1 amide bonds. The molecular weight excluding hydrogens is 352 g/mol. The second-order valence-corrected chi connectivity index (χ2v) is 8.25. The molecule has 2 aliphatic heterocycles. The normalized spacial score (nSPS) is 32.5. The standard InChI is InChI=1S/C20H27ClN2O3/c21-17-4-2-1-3-14(17)11-20(25)23-12-15-9-18(19(24)10-16(15)13-23)22-5-7-26-8-6-22/h1-4,15-16,18-19,24H,5-13H2/t15-,16+,18-,19-/m1/s1. The largest absolute Gasteiger partial charge is 0.391 e. The van der Waals surface area contributed by atoms with E-state index in [9.17, 15) is 9.90 Å². The van der Waals surface area contributed by atoms with E-state index in [4.69, 9.17) is 16.3 Å². The Balaban J connectivity index is 1.38. The maximum absolute atomic E-state index is 12.8. The fraction of sp³-hybridized carbons (Fsp3) is 0.650. The number of rotatable bonds is 3. The molecule has 2 heterocycles. The molecule has 0 spiro atoms. The van der Waals surface area contributed by atoms with Crippen LogP contribution in [-0.2, 0) is 16.0 Å². The molecule has 26 heavy (non-hydrogen) atoms. The van der Waals surface area contributed by atoms with E-state index in [0.29, 0.717) is 23.3 Å². The van der Waals surface area contributed by atoms with E-state index < -0.39 is 0 Å². The minimum Gasteiger partial charge on any atom is -0.391 e. The fourth-order valence-electron chi connectivity index (χ4n) is 4.83. The Morgan fingerprint density at radius 2 is 1.85 bits per heavy atom. The van der Waals surface area contributed by atoms with Crippen molar-refractivity contribution in [3.05, 3.63) is 34.9 Å². The lowest BCUT2D eigenvalue weighted by molar-refractivity contribution is -0.129. The highest BCUT2D eigenvalue weighted by Crippen LogP contribution is 2.38. The lowest BCUT2D eigenvalue weighted by atomic mass is 9.77. The monoisotopic (exact) mass is 378 g/mol. The molecule has 0 radical (unpaired) electrons. The topological polar surface area (TPSA) is 53.0 Å². The molecule has 142 valence electrons. The first-order chi connectivity index (χ1) is 12.6. The summed E-state index contributed by atoms with van der Waals surface area (Å²) in [5.74, 6) is 1.05. The van der Waals surface area contributed by atoms with Gasteiger partial charge in [0.25, 0.3) is 0 Å². The number of hydrogen-bond acceptors (Lipinski definition) is 4. The van der Waals surface area contributed by atoms with Crippen molar-refractivity contribution in [1.82, 2.24) is 9.80 Å². The summed E-state index contributed by atoms with van der Waals surface area (Å²) < 4.78 is 5.44. The van der Waals surface area contributed by atoms with Crippen LogP contribution in [0.2, 0.25) is 5.02 Å². The molecule has 5 nitrogen and oxygen atoms in total. The SMILES string of the molecule is O=C(Cc1ccccc1Cl)N1C[C@H]2C[C@@H](N3CCOCC3)[C@H](O)C[C@H]2C1. The van der Waals surface area contributed by atoms with Crippen molar-refractivity contribution in [1.29, 1.82) is 0 Å². The number of fused-ring (bicyclic) bond motifs is 1. The number of likely N-dealkylation sites (tertiary alicyclic amines) is 1. The van der Waals surface area contributed by atoms with E-state index in [1.165, 1.54) is 0 Å². The van der Waals surface area contributed by atoms with Gasteiger partial charge in [0.1, 0.15) is 0 Å². The molecule has 4 atom stereocenters. The smallest absolute Gasteiger partial charge is 0.227 e. The Bertz CT molecular complexity index is 650. The first-order valence-corrected chi connectivity index (χ1v) is 10.0. The predicted molar refractivity (Wildman–Crippen MR) is 100 cm³/mol. The minimum atomic E-state index is -0.298. The minimum absolute atomic E-state index is 0.143. The molecule has 1 aromatic rings. The van der Waals surface area contributed by atoms with Crippen molar-refractivity contribution in [3.63, 3.8) is 0 Å². The van der Waals surface area contributed by atoms with Crippen molar-refractivity contribution < 1.29 is 14.6 Å². The third-order valence-electron chi connectivity index (χ3n) is 6.28. The Hall–Kier alpha value is -1.14. The lowest BCUT2D eigenvalue weighted by Gasteiger charge is -2.43. The van der Waals surface area contributed by atoms with Crippen LogP contribution in [0.15, 0.2) is 24.3 Å². The number of hydrogen-bond donors (Lipinski definition) is 1. The number of nitrogens with zero attached hydrogens (tertiary/aromatic N) is 2. The van der Waals surface area contributed by atoms with E-state index in [1.54, 1.807) is 0 Å². The van der Waals surface area contributed by atoms with Crippen LogP contribution in [0.25, 0.3) is 0 Å². The van der Waals surface area contributed by atoms with Gasteiger partial charge in [0.15, 0.2) is 0 Å². The molecule has 6 heteroatoms. The Labute approximate surface area is 159 Å². The van der Waals surface area contributed by atoms with Crippen molar-refractivity contribution >= 4 is 17.5 Å². The zero-order valence-electron chi connectivity index (χ0n) is 15.0. The van der Waals surface area contributed by atoms with Crippen molar-refractivity contribution in [2.75, 3.05) is 39.4 Å². The summed E-state index contributed by atoms with van der Waals surface area (Å²) in [7, 11) is 0.